The minimum atomic E-state index is -0.620. The second-order valence-corrected chi connectivity index (χ2v) is 9.51. The van der Waals surface area contributed by atoms with Gasteiger partial charge in [0.05, 0.1) is 12.1 Å². The van der Waals surface area contributed by atoms with Crippen molar-refractivity contribution in [2.45, 2.75) is 60.4 Å². The van der Waals surface area contributed by atoms with Crippen molar-refractivity contribution in [2.75, 3.05) is 19.6 Å². The van der Waals surface area contributed by atoms with Gasteiger partial charge in [-0.3, -0.25) is 14.6 Å². The van der Waals surface area contributed by atoms with Crippen LogP contribution in [0.25, 0.3) is 0 Å². The van der Waals surface area contributed by atoms with Crippen LogP contribution in [0.5, 0.6) is 0 Å². The second-order valence-electron chi connectivity index (χ2n) is 8.14. The van der Waals surface area contributed by atoms with E-state index in [0.29, 0.717) is 37.6 Å². The topological polar surface area (TPSA) is 143 Å². The quantitative estimate of drug-likeness (QED) is 0.169. The number of aldehydes is 1. The number of nitrogens with two attached hydrogens (primary N) is 2. The number of amides is 2. The first-order valence-corrected chi connectivity index (χ1v) is 11.9. The number of hydrogen-bond acceptors (Lipinski definition) is 6. The number of thioether (sulfide) groups is 1. The summed E-state index contributed by atoms with van der Waals surface area (Å²) in [7, 11) is 0. The monoisotopic (exact) mass is 460 g/mol. The van der Waals surface area contributed by atoms with Gasteiger partial charge in [0.2, 0.25) is 11.8 Å². The maximum atomic E-state index is 13.2. The Kier molecular flexibility index (Phi) is 8.92. The first kappa shape index (κ1) is 24.1. The molecule has 9 nitrogen and oxygen atoms in total. The molecule has 1 aromatic rings. The zero-order valence-electron chi connectivity index (χ0n) is 18.1. The van der Waals surface area contributed by atoms with Gasteiger partial charge in [0.15, 0.2) is 5.96 Å². The molecule has 2 amide bonds. The highest BCUT2D eigenvalue weighted by Crippen LogP contribution is 2.30. The van der Waals surface area contributed by atoms with Gasteiger partial charge in [-0.25, -0.2) is 0 Å². The summed E-state index contributed by atoms with van der Waals surface area (Å²) in [5.41, 5.74) is 10.6. The lowest BCUT2D eigenvalue weighted by atomic mass is 10.1. The Balaban J connectivity index is 1.50. The normalized spacial score (nSPS) is 23.5. The Morgan fingerprint density at radius 3 is 2.81 bits per heavy atom. The average Bonchev–Trinajstić information content (AvgIpc) is 3.46. The molecule has 0 spiro atoms. The van der Waals surface area contributed by atoms with Gasteiger partial charge in [-0.1, -0.05) is 18.2 Å². The molecular weight excluding hydrogens is 428 g/mol. The molecule has 0 bridgehead atoms. The van der Waals surface area contributed by atoms with Crippen LogP contribution in [0.3, 0.4) is 0 Å². The van der Waals surface area contributed by atoms with Gasteiger partial charge in [-0.15, -0.1) is 11.8 Å². The van der Waals surface area contributed by atoms with Crippen molar-refractivity contribution in [1.82, 2.24) is 15.5 Å². The minimum absolute atomic E-state index is 0.00160. The number of nitrogens with one attached hydrogen (secondary N) is 2. The first-order valence-electron chi connectivity index (χ1n) is 11.0. The van der Waals surface area contributed by atoms with Crippen LogP contribution in [0.4, 0.5) is 0 Å². The molecule has 1 aromatic carbocycles. The van der Waals surface area contributed by atoms with Crippen LogP contribution in [0.15, 0.2) is 40.2 Å². The fourth-order valence-corrected chi connectivity index (χ4v) is 5.32. The highest BCUT2D eigenvalue weighted by Gasteiger charge is 2.40. The molecule has 0 aromatic heterocycles. The summed E-state index contributed by atoms with van der Waals surface area (Å²) in [5, 5.41) is 6.41. The molecule has 0 unspecified atom stereocenters. The number of carbonyl (C=O) groups is 3. The number of aliphatic imine (C=N–C) groups is 1. The number of nitrogens with zero attached hydrogens (tertiary/aromatic N) is 2. The summed E-state index contributed by atoms with van der Waals surface area (Å²) in [6, 6.07) is 8.70. The zero-order valence-corrected chi connectivity index (χ0v) is 18.9. The van der Waals surface area contributed by atoms with Gasteiger partial charge < -0.3 is 31.8 Å². The van der Waals surface area contributed by atoms with Gasteiger partial charge in [0.25, 0.3) is 0 Å². The predicted molar refractivity (Wildman–Crippen MR) is 125 cm³/mol. The van der Waals surface area contributed by atoms with Gasteiger partial charge in [0, 0.05) is 29.8 Å². The molecule has 4 atom stereocenters. The molecule has 0 saturated carbocycles. The summed E-state index contributed by atoms with van der Waals surface area (Å²) in [6.07, 6.45) is 3.83. The average molecular weight is 461 g/mol. The van der Waals surface area contributed by atoms with E-state index in [-0.39, 0.29) is 23.8 Å². The fourth-order valence-electron chi connectivity index (χ4n) is 4.15. The summed E-state index contributed by atoms with van der Waals surface area (Å²) in [5.74, 6) is -0.307. The lowest BCUT2D eigenvalue weighted by molar-refractivity contribution is -0.140. The van der Waals surface area contributed by atoms with Crippen LogP contribution >= 0.6 is 11.8 Å². The lowest BCUT2D eigenvalue weighted by Gasteiger charge is -2.27. The highest BCUT2D eigenvalue weighted by molar-refractivity contribution is 8.00. The summed E-state index contributed by atoms with van der Waals surface area (Å²) < 4.78 is 0. The first-order chi connectivity index (χ1) is 15.5. The SMILES string of the molecule is NC(N)=NCCC[C@@H](C=O)NC(=O)[C@@H]1CCCN1C(=O)[C@H]1C[C@H](Sc2ccccc2)CN1. The molecule has 2 aliphatic heterocycles. The van der Waals surface area contributed by atoms with Crippen molar-refractivity contribution in [3.63, 3.8) is 0 Å². The zero-order chi connectivity index (χ0) is 22.9. The van der Waals surface area contributed by atoms with Crippen molar-refractivity contribution in [1.29, 1.82) is 0 Å². The third-order valence-corrected chi connectivity index (χ3v) is 6.97. The molecule has 32 heavy (non-hydrogen) atoms. The van der Waals surface area contributed by atoms with E-state index in [1.807, 2.05) is 18.2 Å². The highest BCUT2D eigenvalue weighted by atomic mass is 32.2. The van der Waals surface area contributed by atoms with Crippen LogP contribution in [-0.2, 0) is 14.4 Å². The van der Waals surface area contributed by atoms with E-state index in [1.54, 1.807) is 16.7 Å². The molecule has 2 fully saturated rings. The van der Waals surface area contributed by atoms with Gasteiger partial charge >= 0.3 is 0 Å². The summed E-state index contributed by atoms with van der Waals surface area (Å²) in [6.45, 7) is 1.71. The Bertz CT molecular complexity index is 817. The van der Waals surface area contributed by atoms with Crippen LogP contribution in [0, 0.1) is 0 Å². The van der Waals surface area contributed by atoms with Crippen molar-refractivity contribution in [3.8, 4) is 0 Å². The molecule has 2 saturated heterocycles. The maximum absolute atomic E-state index is 13.2. The van der Waals surface area contributed by atoms with E-state index in [4.69, 9.17) is 11.5 Å². The third kappa shape index (κ3) is 6.70. The second kappa shape index (κ2) is 11.9. The maximum Gasteiger partial charge on any atom is 0.243 e. The molecule has 2 aliphatic rings. The van der Waals surface area contributed by atoms with Gasteiger partial charge in [-0.05, 0) is 44.2 Å². The smallest absolute Gasteiger partial charge is 0.243 e. The number of likely N-dealkylation sites (tertiary alicyclic amines) is 1. The Hall–Kier alpha value is -2.59. The predicted octanol–water partition coefficient (Wildman–Crippen LogP) is 0.238. The van der Waals surface area contributed by atoms with E-state index >= 15 is 0 Å². The fraction of sp³-hybridized carbons (Fsp3) is 0.545. The van der Waals surface area contributed by atoms with Crippen molar-refractivity contribution >= 4 is 35.8 Å². The van der Waals surface area contributed by atoms with Gasteiger partial charge in [0.1, 0.15) is 12.3 Å². The molecule has 174 valence electrons. The Morgan fingerprint density at radius 1 is 1.31 bits per heavy atom. The largest absolute Gasteiger partial charge is 0.370 e. The number of carbonyl (C=O) groups excluding carboxylic acids is 3. The van der Waals surface area contributed by atoms with Crippen molar-refractivity contribution in [2.24, 2.45) is 16.5 Å². The summed E-state index contributed by atoms with van der Waals surface area (Å²) in [4.78, 5) is 44.1. The Morgan fingerprint density at radius 2 is 2.09 bits per heavy atom. The molecule has 0 radical (unpaired) electrons. The van der Waals surface area contributed by atoms with Crippen LogP contribution in [0.2, 0.25) is 0 Å². The minimum Gasteiger partial charge on any atom is -0.370 e. The number of rotatable bonds is 10. The third-order valence-electron chi connectivity index (χ3n) is 5.73. The molecule has 0 aliphatic carbocycles. The molecule has 2 heterocycles. The molecule has 10 heteroatoms. The van der Waals surface area contributed by atoms with Crippen molar-refractivity contribution < 1.29 is 14.4 Å². The van der Waals surface area contributed by atoms with Crippen LogP contribution in [-0.4, -0.2) is 72.0 Å². The van der Waals surface area contributed by atoms with Crippen molar-refractivity contribution in [3.05, 3.63) is 30.3 Å². The van der Waals surface area contributed by atoms with E-state index in [1.165, 1.54) is 4.90 Å². The molecular formula is C22H32N6O3S. The van der Waals surface area contributed by atoms with E-state index < -0.39 is 12.1 Å². The van der Waals surface area contributed by atoms with Crippen LogP contribution in [0.1, 0.15) is 32.1 Å². The standard InChI is InChI=1S/C22H32N6O3S/c23-22(24)25-10-4-6-15(14-29)27-20(30)19-9-5-11-28(19)21(31)18-12-17(13-26-18)32-16-7-2-1-3-8-16/h1-3,7-8,14-15,17-19,26H,4-6,9-13H2,(H,27,30)(H4,23,24,25)/t15-,17-,18+,19-/m0/s1. The lowest BCUT2D eigenvalue weighted by Crippen LogP contribution is -2.52. The summed E-state index contributed by atoms with van der Waals surface area (Å²) >= 11 is 1.77. The Labute approximate surface area is 192 Å². The van der Waals surface area contributed by atoms with Gasteiger partial charge in [-0.2, -0.15) is 0 Å². The van der Waals surface area contributed by atoms with E-state index in [0.717, 1.165) is 25.7 Å². The van der Waals surface area contributed by atoms with E-state index in [2.05, 4.69) is 27.8 Å². The number of benzene rings is 1. The molecule has 6 N–H and O–H groups in total. The van der Waals surface area contributed by atoms with E-state index in [9.17, 15) is 14.4 Å². The molecule has 3 rings (SSSR count). The number of guanidine groups is 1. The number of hydrogen-bond donors (Lipinski definition) is 4. The van der Waals surface area contributed by atoms with Crippen LogP contribution < -0.4 is 22.1 Å².